The van der Waals surface area contributed by atoms with E-state index >= 15 is 0 Å². The summed E-state index contributed by atoms with van der Waals surface area (Å²) in [6, 6.07) is 0.406. The van der Waals surface area contributed by atoms with E-state index in [9.17, 15) is 4.79 Å². The minimum Gasteiger partial charge on any atom is -0.372 e. The fourth-order valence-corrected chi connectivity index (χ4v) is 2.14. The van der Waals surface area contributed by atoms with Gasteiger partial charge in [0.2, 0.25) is 5.91 Å². The number of carbonyl (C=O) groups excluding carboxylic acids is 1. The first-order valence-electron chi connectivity index (χ1n) is 6.37. The normalized spacial score (nSPS) is 17.4. The zero-order valence-corrected chi connectivity index (χ0v) is 10.5. The predicted octanol–water partition coefficient (Wildman–Crippen LogP) is 1.01. The Morgan fingerprint density at radius 3 is 2.62 bits per heavy atom. The van der Waals surface area contributed by atoms with Crippen LogP contribution in [0, 0.1) is 0 Å². The van der Waals surface area contributed by atoms with Crippen molar-refractivity contribution in [1.29, 1.82) is 0 Å². The molecule has 0 aliphatic carbocycles. The van der Waals surface area contributed by atoms with Gasteiger partial charge in [0.15, 0.2) is 0 Å². The number of hydrogen-bond acceptors (Lipinski definition) is 3. The molecule has 0 unspecified atom stereocenters. The number of rotatable bonds is 6. The molecule has 0 radical (unpaired) electrons. The summed E-state index contributed by atoms with van der Waals surface area (Å²) in [6.07, 6.45) is 3.09. The summed E-state index contributed by atoms with van der Waals surface area (Å²) in [5.41, 5.74) is 0. The molecular weight excluding hydrogens is 204 g/mol. The van der Waals surface area contributed by atoms with Gasteiger partial charge in [0.1, 0.15) is 6.61 Å². The van der Waals surface area contributed by atoms with Gasteiger partial charge in [-0.1, -0.05) is 6.92 Å². The third kappa shape index (κ3) is 4.10. The highest BCUT2D eigenvalue weighted by molar-refractivity contribution is 5.77. The molecule has 1 aliphatic heterocycles. The van der Waals surface area contributed by atoms with Gasteiger partial charge in [-0.3, -0.25) is 4.79 Å². The van der Waals surface area contributed by atoms with Gasteiger partial charge < -0.3 is 15.0 Å². The predicted molar refractivity (Wildman–Crippen MR) is 64.4 cm³/mol. The SMILES string of the molecule is CCCOCC(=O)N(CC)C1CCNCC1. The van der Waals surface area contributed by atoms with E-state index in [-0.39, 0.29) is 12.5 Å². The molecule has 1 amide bonds. The van der Waals surface area contributed by atoms with Crippen LogP contribution in [0.5, 0.6) is 0 Å². The molecule has 1 heterocycles. The average molecular weight is 228 g/mol. The summed E-state index contributed by atoms with van der Waals surface area (Å²) in [6.45, 7) is 7.84. The molecule has 0 aromatic heterocycles. The van der Waals surface area contributed by atoms with E-state index in [0.717, 1.165) is 38.9 Å². The quantitative estimate of drug-likeness (QED) is 0.690. The lowest BCUT2D eigenvalue weighted by atomic mass is 10.0. The molecule has 0 aromatic carbocycles. The van der Waals surface area contributed by atoms with Gasteiger partial charge in [0.05, 0.1) is 0 Å². The second-order valence-corrected chi connectivity index (χ2v) is 4.21. The molecule has 1 saturated heterocycles. The number of carbonyl (C=O) groups is 1. The van der Waals surface area contributed by atoms with Crippen molar-refractivity contribution < 1.29 is 9.53 Å². The van der Waals surface area contributed by atoms with Crippen molar-refractivity contribution >= 4 is 5.91 Å². The first kappa shape index (κ1) is 13.5. The van der Waals surface area contributed by atoms with Crippen molar-refractivity contribution in [2.24, 2.45) is 0 Å². The second-order valence-electron chi connectivity index (χ2n) is 4.21. The number of hydrogen-bond donors (Lipinski definition) is 1. The highest BCUT2D eigenvalue weighted by atomic mass is 16.5. The van der Waals surface area contributed by atoms with E-state index in [1.165, 1.54) is 0 Å². The lowest BCUT2D eigenvalue weighted by molar-refractivity contribution is -0.138. The number of piperidine rings is 1. The van der Waals surface area contributed by atoms with Crippen LogP contribution in [-0.2, 0) is 9.53 Å². The third-order valence-corrected chi connectivity index (χ3v) is 2.98. The maximum atomic E-state index is 11.9. The molecule has 0 bridgehead atoms. The molecule has 94 valence electrons. The van der Waals surface area contributed by atoms with Crippen molar-refractivity contribution in [3.05, 3.63) is 0 Å². The van der Waals surface area contributed by atoms with Crippen LogP contribution in [0.2, 0.25) is 0 Å². The highest BCUT2D eigenvalue weighted by Crippen LogP contribution is 2.11. The summed E-state index contributed by atoms with van der Waals surface area (Å²) in [5, 5.41) is 3.32. The van der Waals surface area contributed by atoms with Crippen LogP contribution in [0.4, 0.5) is 0 Å². The van der Waals surface area contributed by atoms with Crippen molar-refractivity contribution in [2.45, 2.75) is 39.2 Å². The summed E-state index contributed by atoms with van der Waals surface area (Å²) >= 11 is 0. The van der Waals surface area contributed by atoms with Gasteiger partial charge in [0, 0.05) is 19.2 Å². The summed E-state index contributed by atoms with van der Waals surface area (Å²) < 4.78 is 5.31. The Morgan fingerprint density at radius 2 is 2.06 bits per heavy atom. The molecule has 1 rings (SSSR count). The highest BCUT2D eigenvalue weighted by Gasteiger charge is 2.23. The number of ether oxygens (including phenoxy) is 1. The first-order chi connectivity index (χ1) is 7.79. The van der Waals surface area contributed by atoms with Gasteiger partial charge in [-0.05, 0) is 39.3 Å². The molecule has 1 fully saturated rings. The number of nitrogens with one attached hydrogen (secondary N) is 1. The smallest absolute Gasteiger partial charge is 0.248 e. The van der Waals surface area contributed by atoms with Gasteiger partial charge in [0.25, 0.3) is 0 Å². The van der Waals surface area contributed by atoms with Gasteiger partial charge in [-0.15, -0.1) is 0 Å². The number of nitrogens with zero attached hydrogens (tertiary/aromatic N) is 1. The van der Waals surface area contributed by atoms with E-state index in [1.54, 1.807) is 0 Å². The summed E-state index contributed by atoms with van der Waals surface area (Å²) in [4.78, 5) is 13.9. The minimum absolute atomic E-state index is 0.142. The van der Waals surface area contributed by atoms with E-state index in [0.29, 0.717) is 12.6 Å². The van der Waals surface area contributed by atoms with Crippen LogP contribution in [0.1, 0.15) is 33.1 Å². The fraction of sp³-hybridized carbons (Fsp3) is 0.917. The maximum absolute atomic E-state index is 11.9. The Hall–Kier alpha value is -0.610. The van der Waals surface area contributed by atoms with Gasteiger partial charge in [-0.25, -0.2) is 0 Å². The number of amides is 1. The van der Waals surface area contributed by atoms with E-state index < -0.39 is 0 Å². The summed E-state index contributed by atoms with van der Waals surface area (Å²) in [5.74, 6) is 0.142. The Balaban J connectivity index is 2.35. The van der Waals surface area contributed by atoms with Gasteiger partial charge >= 0.3 is 0 Å². The molecule has 1 N–H and O–H groups in total. The van der Waals surface area contributed by atoms with Gasteiger partial charge in [-0.2, -0.15) is 0 Å². The first-order valence-corrected chi connectivity index (χ1v) is 6.37. The third-order valence-electron chi connectivity index (χ3n) is 2.98. The fourth-order valence-electron chi connectivity index (χ4n) is 2.14. The largest absolute Gasteiger partial charge is 0.372 e. The second kappa shape index (κ2) is 7.63. The van der Waals surface area contributed by atoms with Crippen LogP contribution in [0.3, 0.4) is 0 Å². The van der Waals surface area contributed by atoms with Crippen LogP contribution < -0.4 is 5.32 Å². The molecule has 0 spiro atoms. The summed E-state index contributed by atoms with van der Waals surface area (Å²) in [7, 11) is 0. The van der Waals surface area contributed by atoms with Crippen molar-refractivity contribution in [2.75, 3.05) is 32.8 Å². The van der Waals surface area contributed by atoms with Crippen LogP contribution >= 0.6 is 0 Å². The van der Waals surface area contributed by atoms with Crippen molar-refractivity contribution in [3.8, 4) is 0 Å². The lowest BCUT2D eigenvalue weighted by Crippen LogP contribution is -2.47. The molecule has 0 atom stereocenters. The molecule has 0 aromatic rings. The standard InChI is InChI=1S/C12H24N2O2/c1-3-9-16-10-12(15)14(4-2)11-5-7-13-8-6-11/h11,13H,3-10H2,1-2H3. The lowest BCUT2D eigenvalue weighted by Gasteiger charge is -2.33. The van der Waals surface area contributed by atoms with E-state index in [2.05, 4.69) is 12.2 Å². The molecule has 4 nitrogen and oxygen atoms in total. The molecule has 4 heteroatoms. The minimum atomic E-state index is 0.142. The van der Waals surface area contributed by atoms with E-state index in [4.69, 9.17) is 4.74 Å². The van der Waals surface area contributed by atoms with Crippen LogP contribution in [0.15, 0.2) is 0 Å². The number of likely N-dealkylation sites (N-methyl/N-ethyl adjacent to an activating group) is 1. The molecule has 1 aliphatic rings. The zero-order chi connectivity index (χ0) is 11.8. The zero-order valence-electron chi connectivity index (χ0n) is 10.5. The maximum Gasteiger partial charge on any atom is 0.248 e. The Bertz CT molecular complexity index is 203. The topological polar surface area (TPSA) is 41.6 Å². The Labute approximate surface area is 98.3 Å². The molecule has 0 saturated carbocycles. The average Bonchev–Trinajstić information content (AvgIpc) is 2.32. The van der Waals surface area contributed by atoms with Crippen LogP contribution in [0.25, 0.3) is 0 Å². The molecular formula is C12H24N2O2. The monoisotopic (exact) mass is 228 g/mol. The van der Waals surface area contributed by atoms with Crippen LogP contribution in [-0.4, -0.2) is 49.7 Å². The Morgan fingerprint density at radius 1 is 1.38 bits per heavy atom. The van der Waals surface area contributed by atoms with Crippen molar-refractivity contribution in [3.63, 3.8) is 0 Å². The van der Waals surface area contributed by atoms with Crippen molar-refractivity contribution in [1.82, 2.24) is 10.2 Å². The van der Waals surface area contributed by atoms with E-state index in [1.807, 2.05) is 11.8 Å². The molecule has 16 heavy (non-hydrogen) atoms. The Kier molecular flexibility index (Phi) is 6.42.